The predicted octanol–water partition coefficient (Wildman–Crippen LogP) is 3.22. The molecule has 1 saturated heterocycles. The lowest BCUT2D eigenvalue weighted by molar-refractivity contribution is -0.144. The van der Waals surface area contributed by atoms with Crippen LogP contribution in [-0.2, 0) is 9.53 Å². The van der Waals surface area contributed by atoms with E-state index in [4.69, 9.17) is 4.74 Å². The van der Waals surface area contributed by atoms with Crippen LogP contribution >= 0.6 is 15.9 Å². The van der Waals surface area contributed by atoms with Crippen LogP contribution in [0, 0.1) is 17.8 Å². The summed E-state index contributed by atoms with van der Waals surface area (Å²) < 4.78 is 5.64. The molecule has 4 unspecified atom stereocenters. The average Bonchev–Trinajstić information content (AvgIpc) is 2.53. The number of carbonyl (C=O) groups excluding carboxylic acids is 1. The first-order valence-corrected chi connectivity index (χ1v) is 9.36. The molecule has 0 radical (unpaired) electrons. The van der Waals surface area contributed by atoms with Gasteiger partial charge in [-0.15, -0.1) is 0 Å². The second-order valence-electron chi connectivity index (χ2n) is 6.75. The largest absolute Gasteiger partial charge is 0.374 e. The zero-order chi connectivity index (χ0) is 13.9. The van der Waals surface area contributed by atoms with Crippen LogP contribution in [0.25, 0.3) is 0 Å². The Kier molecular flexibility index (Phi) is 5.03. The number of morpholine rings is 1. The van der Waals surface area contributed by atoms with Crippen LogP contribution < -0.4 is 0 Å². The second-order valence-corrected chi connectivity index (χ2v) is 7.39. The lowest BCUT2D eigenvalue weighted by Crippen LogP contribution is -2.49. The smallest absolute Gasteiger partial charge is 0.225 e. The van der Waals surface area contributed by atoms with Crippen molar-refractivity contribution in [2.45, 2.75) is 51.0 Å². The van der Waals surface area contributed by atoms with Crippen molar-refractivity contribution < 1.29 is 9.53 Å². The first-order valence-electron chi connectivity index (χ1n) is 8.24. The van der Waals surface area contributed by atoms with E-state index in [0.717, 1.165) is 43.1 Å². The van der Waals surface area contributed by atoms with Crippen molar-refractivity contribution in [2.75, 3.05) is 25.0 Å². The van der Waals surface area contributed by atoms with Gasteiger partial charge in [0.05, 0.1) is 12.7 Å². The first-order chi connectivity index (χ1) is 9.78. The molecule has 0 aromatic rings. The summed E-state index contributed by atoms with van der Waals surface area (Å²) >= 11 is 3.47. The van der Waals surface area contributed by atoms with E-state index in [2.05, 4.69) is 20.8 Å². The van der Waals surface area contributed by atoms with Crippen LogP contribution in [0.15, 0.2) is 0 Å². The molecule has 3 fully saturated rings. The zero-order valence-corrected chi connectivity index (χ0v) is 13.8. The average molecular weight is 344 g/mol. The molecule has 3 rings (SSSR count). The molecule has 1 aliphatic heterocycles. The highest BCUT2D eigenvalue weighted by Gasteiger charge is 2.37. The number of hydrogen-bond donors (Lipinski definition) is 0. The Hall–Kier alpha value is -0.0900. The molecule has 114 valence electrons. The Balaban J connectivity index is 1.57. The quantitative estimate of drug-likeness (QED) is 0.720. The molecule has 2 aliphatic carbocycles. The minimum atomic E-state index is 0.179. The third kappa shape index (κ3) is 3.22. The van der Waals surface area contributed by atoms with E-state index in [1.54, 1.807) is 0 Å². The van der Waals surface area contributed by atoms with Crippen molar-refractivity contribution in [3.63, 3.8) is 0 Å². The molecule has 3 aliphatic rings. The highest BCUT2D eigenvalue weighted by Crippen LogP contribution is 2.43. The molecule has 0 bridgehead atoms. The maximum atomic E-state index is 12.7. The molecule has 1 heterocycles. The van der Waals surface area contributed by atoms with Gasteiger partial charge in [0.1, 0.15) is 0 Å². The molecule has 1 amide bonds. The van der Waals surface area contributed by atoms with Crippen molar-refractivity contribution >= 4 is 21.8 Å². The van der Waals surface area contributed by atoms with Crippen molar-refractivity contribution in [3.8, 4) is 0 Å². The number of hydrogen-bond acceptors (Lipinski definition) is 2. The molecule has 3 nitrogen and oxygen atoms in total. The molecule has 2 saturated carbocycles. The highest BCUT2D eigenvalue weighted by molar-refractivity contribution is 9.09. The number of alkyl halides is 1. The Morgan fingerprint density at radius 1 is 1.15 bits per heavy atom. The Bertz CT molecular complexity index is 349. The molecule has 20 heavy (non-hydrogen) atoms. The van der Waals surface area contributed by atoms with Gasteiger partial charge in [-0.3, -0.25) is 4.79 Å². The van der Waals surface area contributed by atoms with E-state index in [1.807, 2.05) is 0 Å². The van der Waals surface area contributed by atoms with E-state index in [9.17, 15) is 4.79 Å². The van der Waals surface area contributed by atoms with Gasteiger partial charge in [-0.2, -0.15) is 0 Å². The molecule has 0 N–H and O–H groups in total. The molecule has 4 atom stereocenters. The summed E-state index contributed by atoms with van der Waals surface area (Å²) in [5, 5.41) is 0.826. The fourth-order valence-corrected chi connectivity index (χ4v) is 4.76. The van der Waals surface area contributed by atoms with Gasteiger partial charge in [0.15, 0.2) is 0 Å². The summed E-state index contributed by atoms with van der Waals surface area (Å²) in [6.07, 6.45) is 9.31. The van der Waals surface area contributed by atoms with Gasteiger partial charge in [-0.05, 0) is 31.1 Å². The number of nitrogens with zero attached hydrogens (tertiary/aromatic N) is 1. The topological polar surface area (TPSA) is 29.5 Å². The number of ether oxygens (including phenoxy) is 1. The van der Waals surface area contributed by atoms with Crippen LogP contribution in [0.4, 0.5) is 0 Å². The molecular formula is C16H26BrNO2. The summed E-state index contributed by atoms with van der Waals surface area (Å²) in [7, 11) is 0. The Morgan fingerprint density at radius 2 is 1.95 bits per heavy atom. The highest BCUT2D eigenvalue weighted by atomic mass is 79.9. The fourth-order valence-electron chi connectivity index (χ4n) is 4.37. The normalized spacial score (nSPS) is 38.4. The van der Waals surface area contributed by atoms with E-state index < -0.39 is 0 Å². The maximum Gasteiger partial charge on any atom is 0.225 e. The zero-order valence-electron chi connectivity index (χ0n) is 12.2. The lowest BCUT2D eigenvalue weighted by atomic mass is 9.67. The third-order valence-electron chi connectivity index (χ3n) is 5.51. The summed E-state index contributed by atoms with van der Waals surface area (Å²) in [5.41, 5.74) is 0. The number of amides is 1. The predicted molar refractivity (Wildman–Crippen MR) is 82.9 cm³/mol. The van der Waals surface area contributed by atoms with Crippen LogP contribution in [-0.4, -0.2) is 41.9 Å². The fraction of sp³-hybridized carbons (Fsp3) is 0.938. The van der Waals surface area contributed by atoms with Gasteiger partial charge in [0.25, 0.3) is 0 Å². The SMILES string of the molecule is O=C(C1CCC2CCCCC2C1)N1CCOC(CBr)C1. The van der Waals surface area contributed by atoms with E-state index in [1.165, 1.54) is 32.1 Å². The summed E-state index contributed by atoms with van der Waals surface area (Å²) in [6, 6.07) is 0. The number of rotatable bonds is 2. The van der Waals surface area contributed by atoms with Gasteiger partial charge in [-0.1, -0.05) is 41.6 Å². The Labute approximate surface area is 130 Å². The lowest BCUT2D eigenvalue weighted by Gasteiger charge is -2.41. The Morgan fingerprint density at radius 3 is 2.75 bits per heavy atom. The summed E-state index contributed by atoms with van der Waals surface area (Å²) in [5.74, 6) is 2.46. The van der Waals surface area contributed by atoms with Crippen LogP contribution in [0.3, 0.4) is 0 Å². The van der Waals surface area contributed by atoms with E-state index >= 15 is 0 Å². The van der Waals surface area contributed by atoms with Crippen LogP contribution in [0.5, 0.6) is 0 Å². The van der Waals surface area contributed by atoms with Crippen molar-refractivity contribution in [1.82, 2.24) is 4.90 Å². The molecule has 0 aromatic heterocycles. The number of carbonyl (C=O) groups is 1. The molecule has 4 heteroatoms. The first kappa shape index (κ1) is 14.8. The van der Waals surface area contributed by atoms with Crippen molar-refractivity contribution in [3.05, 3.63) is 0 Å². The monoisotopic (exact) mass is 343 g/mol. The minimum Gasteiger partial charge on any atom is -0.374 e. The van der Waals surface area contributed by atoms with E-state index in [-0.39, 0.29) is 6.10 Å². The van der Waals surface area contributed by atoms with Crippen LogP contribution in [0.1, 0.15) is 44.9 Å². The number of halogens is 1. The van der Waals surface area contributed by atoms with Gasteiger partial charge in [0, 0.05) is 24.3 Å². The van der Waals surface area contributed by atoms with Crippen molar-refractivity contribution in [2.24, 2.45) is 17.8 Å². The van der Waals surface area contributed by atoms with Gasteiger partial charge in [-0.25, -0.2) is 0 Å². The van der Waals surface area contributed by atoms with Crippen LogP contribution in [0.2, 0.25) is 0 Å². The molecule has 0 spiro atoms. The summed E-state index contributed by atoms with van der Waals surface area (Å²) in [4.78, 5) is 14.8. The van der Waals surface area contributed by atoms with Gasteiger partial charge in [0.2, 0.25) is 5.91 Å². The number of fused-ring (bicyclic) bond motifs is 1. The van der Waals surface area contributed by atoms with Gasteiger partial charge < -0.3 is 9.64 Å². The molecule has 0 aromatic carbocycles. The van der Waals surface area contributed by atoms with Crippen molar-refractivity contribution in [1.29, 1.82) is 0 Å². The minimum absolute atomic E-state index is 0.179. The van der Waals surface area contributed by atoms with E-state index in [0.29, 0.717) is 18.4 Å². The maximum absolute atomic E-state index is 12.7. The van der Waals surface area contributed by atoms with Gasteiger partial charge >= 0.3 is 0 Å². The second kappa shape index (κ2) is 6.78. The standard InChI is InChI=1S/C16H26BrNO2/c17-10-15-11-18(7-8-20-15)16(19)14-6-5-12-3-1-2-4-13(12)9-14/h12-15H,1-11H2. The third-order valence-corrected chi connectivity index (χ3v) is 6.23. The summed E-state index contributed by atoms with van der Waals surface area (Å²) in [6.45, 7) is 2.25. The molecular weight excluding hydrogens is 318 g/mol.